The molecule has 0 aliphatic rings. The van der Waals surface area contributed by atoms with Gasteiger partial charge in [-0.2, -0.15) is 0 Å². The van der Waals surface area contributed by atoms with Gasteiger partial charge < -0.3 is 9.84 Å². The number of aryl methyl sites for hydroxylation is 3. The molecule has 0 aliphatic carbocycles. The Morgan fingerprint density at radius 2 is 1.67 bits per heavy atom. The Kier molecular flexibility index (Phi) is 4.63. The highest BCUT2D eigenvalue weighted by Gasteiger charge is 2.20. The molecule has 0 fully saturated rings. The number of carboxylic acid groups (broad SMARTS) is 1. The minimum absolute atomic E-state index is 0.356. The van der Waals surface area contributed by atoms with Crippen LogP contribution < -0.4 is 4.74 Å². The van der Waals surface area contributed by atoms with Crippen LogP contribution in [-0.4, -0.2) is 17.2 Å². The molecule has 0 unspecified atom stereocenters. The van der Waals surface area contributed by atoms with E-state index in [1.54, 1.807) is 12.1 Å². The first kappa shape index (κ1) is 15.1. The van der Waals surface area contributed by atoms with Crippen LogP contribution in [0.15, 0.2) is 42.5 Å². The summed E-state index contributed by atoms with van der Waals surface area (Å²) < 4.78 is 5.62. The van der Waals surface area contributed by atoms with Gasteiger partial charge in [-0.05, 0) is 44.0 Å². The molecule has 0 heterocycles. The summed E-state index contributed by atoms with van der Waals surface area (Å²) in [6, 6.07) is 13.4. The van der Waals surface area contributed by atoms with Crippen LogP contribution in [0.4, 0.5) is 0 Å². The molecule has 0 saturated heterocycles. The first-order chi connectivity index (χ1) is 9.95. The second-order valence-electron chi connectivity index (χ2n) is 5.39. The first-order valence-electron chi connectivity index (χ1n) is 6.98. The molecule has 0 aliphatic heterocycles. The van der Waals surface area contributed by atoms with Crippen molar-refractivity contribution in [3.8, 4) is 5.75 Å². The Bertz CT molecular complexity index is 629. The molecule has 0 amide bonds. The molecular weight excluding hydrogens is 264 g/mol. The van der Waals surface area contributed by atoms with Crippen LogP contribution in [-0.2, 0) is 11.2 Å². The summed E-state index contributed by atoms with van der Waals surface area (Å²) in [7, 11) is 0. The predicted octanol–water partition coefficient (Wildman–Crippen LogP) is 3.69. The van der Waals surface area contributed by atoms with E-state index in [1.807, 2.05) is 45.0 Å². The number of ether oxygens (including phenoxy) is 1. The van der Waals surface area contributed by atoms with Gasteiger partial charge in [-0.3, -0.25) is 0 Å². The van der Waals surface area contributed by atoms with Gasteiger partial charge in [0.05, 0.1) is 0 Å². The molecule has 2 rings (SSSR count). The molecule has 0 aromatic heterocycles. The molecule has 3 heteroatoms. The largest absolute Gasteiger partial charge is 0.478 e. The lowest BCUT2D eigenvalue weighted by Crippen LogP contribution is -2.29. The van der Waals surface area contributed by atoms with Crippen LogP contribution in [0.1, 0.15) is 22.3 Å². The van der Waals surface area contributed by atoms with Crippen LogP contribution in [0.25, 0.3) is 0 Å². The number of carboxylic acids is 1. The van der Waals surface area contributed by atoms with Gasteiger partial charge in [-0.25, -0.2) is 4.79 Å². The Morgan fingerprint density at radius 3 is 2.24 bits per heavy atom. The van der Waals surface area contributed by atoms with Gasteiger partial charge in [0.1, 0.15) is 5.75 Å². The Hall–Kier alpha value is -2.29. The molecule has 1 atom stereocenters. The summed E-state index contributed by atoms with van der Waals surface area (Å²) in [5, 5.41) is 9.37. The van der Waals surface area contributed by atoms with Crippen molar-refractivity contribution in [1.82, 2.24) is 0 Å². The van der Waals surface area contributed by atoms with E-state index in [4.69, 9.17) is 4.74 Å². The molecule has 0 radical (unpaired) electrons. The molecule has 2 aromatic rings. The SMILES string of the molecule is Cc1ccc(O[C@@H](Cc2ccc(C)cc2C)C(=O)O)cc1. The number of carbonyl (C=O) groups is 1. The van der Waals surface area contributed by atoms with Gasteiger partial charge >= 0.3 is 5.97 Å². The van der Waals surface area contributed by atoms with Crippen LogP contribution >= 0.6 is 0 Å². The predicted molar refractivity (Wildman–Crippen MR) is 82.9 cm³/mol. The van der Waals surface area contributed by atoms with E-state index in [2.05, 4.69) is 6.07 Å². The third kappa shape index (κ3) is 4.09. The summed E-state index contributed by atoms with van der Waals surface area (Å²) in [6.07, 6.45) is -0.524. The molecule has 110 valence electrons. The quantitative estimate of drug-likeness (QED) is 0.911. The van der Waals surface area contributed by atoms with Gasteiger partial charge in [0.15, 0.2) is 6.10 Å². The zero-order valence-electron chi connectivity index (χ0n) is 12.6. The summed E-state index contributed by atoms with van der Waals surface area (Å²) in [6.45, 7) is 6.00. The number of rotatable bonds is 5. The molecule has 0 bridgehead atoms. The van der Waals surface area contributed by atoms with Crippen molar-refractivity contribution in [3.63, 3.8) is 0 Å². The number of aliphatic carboxylic acids is 1. The van der Waals surface area contributed by atoms with Gasteiger partial charge in [0.2, 0.25) is 0 Å². The fourth-order valence-electron chi connectivity index (χ4n) is 2.24. The molecule has 0 spiro atoms. The van der Waals surface area contributed by atoms with Crippen molar-refractivity contribution in [2.45, 2.75) is 33.3 Å². The zero-order valence-corrected chi connectivity index (χ0v) is 12.6. The van der Waals surface area contributed by atoms with E-state index in [-0.39, 0.29) is 0 Å². The van der Waals surface area contributed by atoms with Crippen LogP contribution in [0.3, 0.4) is 0 Å². The van der Waals surface area contributed by atoms with E-state index >= 15 is 0 Å². The first-order valence-corrected chi connectivity index (χ1v) is 6.98. The highest BCUT2D eigenvalue weighted by molar-refractivity contribution is 5.73. The van der Waals surface area contributed by atoms with Gasteiger partial charge in [-0.1, -0.05) is 41.5 Å². The fraction of sp³-hybridized carbons (Fsp3) is 0.278. The molecular formula is C18H20O3. The third-order valence-corrected chi connectivity index (χ3v) is 3.48. The average Bonchev–Trinajstić information content (AvgIpc) is 2.43. The van der Waals surface area contributed by atoms with Crippen LogP contribution in [0.2, 0.25) is 0 Å². The number of hydrogen-bond acceptors (Lipinski definition) is 2. The second kappa shape index (κ2) is 6.44. The molecule has 2 aromatic carbocycles. The van der Waals surface area contributed by atoms with E-state index < -0.39 is 12.1 Å². The van der Waals surface area contributed by atoms with E-state index in [0.717, 1.165) is 16.7 Å². The molecule has 21 heavy (non-hydrogen) atoms. The van der Waals surface area contributed by atoms with Crippen molar-refractivity contribution < 1.29 is 14.6 Å². The topological polar surface area (TPSA) is 46.5 Å². The zero-order chi connectivity index (χ0) is 15.4. The Labute approximate surface area is 125 Å². The van der Waals surface area contributed by atoms with Crippen molar-refractivity contribution in [3.05, 3.63) is 64.7 Å². The maximum atomic E-state index is 11.4. The summed E-state index contributed by atoms with van der Waals surface area (Å²) in [5.74, 6) is -0.367. The monoisotopic (exact) mass is 284 g/mol. The Morgan fingerprint density at radius 1 is 1.05 bits per heavy atom. The van der Waals surface area contributed by atoms with Gasteiger partial charge in [-0.15, -0.1) is 0 Å². The van der Waals surface area contributed by atoms with Crippen molar-refractivity contribution in [2.75, 3.05) is 0 Å². The van der Waals surface area contributed by atoms with Gasteiger partial charge in [0.25, 0.3) is 0 Å². The maximum Gasteiger partial charge on any atom is 0.345 e. The molecule has 3 nitrogen and oxygen atoms in total. The van der Waals surface area contributed by atoms with Crippen LogP contribution in [0, 0.1) is 20.8 Å². The van der Waals surface area contributed by atoms with E-state index in [1.165, 1.54) is 5.56 Å². The normalized spacial score (nSPS) is 12.0. The smallest absolute Gasteiger partial charge is 0.345 e. The molecule has 1 N–H and O–H groups in total. The van der Waals surface area contributed by atoms with Crippen LogP contribution in [0.5, 0.6) is 5.75 Å². The standard InChI is InChI=1S/C18H20O3/c1-12-5-8-16(9-6-12)21-17(18(19)20)11-15-7-4-13(2)10-14(15)3/h4-10,17H,11H2,1-3H3,(H,19,20)/t17-/m0/s1. The van der Waals surface area contributed by atoms with Gasteiger partial charge in [0, 0.05) is 6.42 Å². The maximum absolute atomic E-state index is 11.4. The van der Waals surface area contributed by atoms with Crippen molar-refractivity contribution in [1.29, 1.82) is 0 Å². The van der Waals surface area contributed by atoms with Crippen molar-refractivity contribution >= 4 is 5.97 Å². The second-order valence-corrected chi connectivity index (χ2v) is 5.39. The Balaban J connectivity index is 2.15. The highest BCUT2D eigenvalue weighted by atomic mass is 16.5. The minimum Gasteiger partial charge on any atom is -0.478 e. The lowest BCUT2D eigenvalue weighted by molar-refractivity contribution is -0.145. The minimum atomic E-state index is -0.949. The molecule has 0 saturated carbocycles. The van der Waals surface area contributed by atoms with E-state index in [0.29, 0.717) is 12.2 Å². The fourth-order valence-corrected chi connectivity index (χ4v) is 2.24. The average molecular weight is 284 g/mol. The number of benzene rings is 2. The summed E-state index contributed by atoms with van der Waals surface area (Å²) >= 11 is 0. The van der Waals surface area contributed by atoms with Crippen molar-refractivity contribution in [2.24, 2.45) is 0 Å². The lowest BCUT2D eigenvalue weighted by atomic mass is 10.0. The summed E-state index contributed by atoms with van der Waals surface area (Å²) in [5.41, 5.74) is 4.38. The van der Waals surface area contributed by atoms with E-state index in [9.17, 15) is 9.90 Å². The lowest BCUT2D eigenvalue weighted by Gasteiger charge is -2.17. The summed E-state index contributed by atoms with van der Waals surface area (Å²) in [4.78, 5) is 11.4. The third-order valence-electron chi connectivity index (χ3n) is 3.48. The highest BCUT2D eigenvalue weighted by Crippen LogP contribution is 2.18. The number of hydrogen-bond donors (Lipinski definition) is 1.